The van der Waals surface area contributed by atoms with Crippen molar-refractivity contribution in [2.24, 2.45) is 5.73 Å². The number of benzene rings is 1. The van der Waals surface area contributed by atoms with E-state index < -0.39 is 0 Å². The van der Waals surface area contributed by atoms with Gasteiger partial charge in [-0.05, 0) is 18.9 Å². The lowest BCUT2D eigenvalue weighted by atomic mass is 9.90. The zero-order valence-electron chi connectivity index (χ0n) is 10.8. The van der Waals surface area contributed by atoms with Crippen LogP contribution in [0.4, 0.5) is 0 Å². The van der Waals surface area contributed by atoms with Crippen molar-refractivity contribution in [1.29, 1.82) is 0 Å². The first-order valence-corrected chi connectivity index (χ1v) is 7.59. The van der Waals surface area contributed by atoms with Crippen molar-refractivity contribution in [3.63, 3.8) is 0 Å². The molecule has 4 heteroatoms. The average molecular weight is 320 g/mol. The first-order valence-electron chi connectivity index (χ1n) is 6.79. The Morgan fingerprint density at radius 2 is 2.00 bits per heavy atom. The lowest BCUT2D eigenvalue weighted by Crippen LogP contribution is -2.35. The van der Waals surface area contributed by atoms with Gasteiger partial charge in [0.25, 0.3) is 0 Å². The summed E-state index contributed by atoms with van der Waals surface area (Å²) in [7, 11) is 0. The molecule has 1 aliphatic rings. The summed E-state index contributed by atoms with van der Waals surface area (Å²) < 4.78 is 3.35. The molecular weight excluding hydrogens is 302 g/mol. The van der Waals surface area contributed by atoms with Crippen LogP contribution in [0.5, 0.6) is 0 Å². The van der Waals surface area contributed by atoms with Crippen LogP contribution in [0, 0.1) is 0 Å². The SMILES string of the molecule is NC1CCCCC1n1cncc1-c1ccccc1Br. The second-order valence-corrected chi connectivity index (χ2v) is 6.04. The lowest BCUT2D eigenvalue weighted by molar-refractivity contribution is 0.308. The maximum atomic E-state index is 6.29. The Labute approximate surface area is 122 Å². The molecule has 0 amide bonds. The van der Waals surface area contributed by atoms with Gasteiger partial charge in [-0.2, -0.15) is 0 Å². The third-order valence-electron chi connectivity index (χ3n) is 3.95. The van der Waals surface area contributed by atoms with Crippen LogP contribution >= 0.6 is 15.9 Å². The minimum Gasteiger partial charge on any atom is -0.326 e. The first-order chi connectivity index (χ1) is 9.27. The summed E-state index contributed by atoms with van der Waals surface area (Å²) in [6, 6.07) is 8.88. The molecule has 1 aliphatic carbocycles. The van der Waals surface area contributed by atoms with Crippen LogP contribution in [0.3, 0.4) is 0 Å². The fraction of sp³-hybridized carbons (Fsp3) is 0.400. The Morgan fingerprint density at radius 3 is 2.79 bits per heavy atom. The molecule has 100 valence electrons. The van der Waals surface area contributed by atoms with Gasteiger partial charge in [0.1, 0.15) is 0 Å². The molecule has 2 atom stereocenters. The van der Waals surface area contributed by atoms with E-state index in [2.05, 4.69) is 43.7 Å². The van der Waals surface area contributed by atoms with Gasteiger partial charge in [-0.15, -0.1) is 0 Å². The van der Waals surface area contributed by atoms with Gasteiger partial charge in [-0.25, -0.2) is 4.98 Å². The molecule has 1 saturated carbocycles. The van der Waals surface area contributed by atoms with Crippen LogP contribution in [0.25, 0.3) is 11.3 Å². The molecule has 19 heavy (non-hydrogen) atoms. The summed E-state index contributed by atoms with van der Waals surface area (Å²) in [5.74, 6) is 0. The zero-order valence-corrected chi connectivity index (χ0v) is 12.4. The Bertz CT molecular complexity index is 564. The fourth-order valence-electron chi connectivity index (χ4n) is 2.93. The molecular formula is C15H18BrN3. The van der Waals surface area contributed by atoms with Crippen LogP contribution in [-0.2, 0) is 0 Å². The van der Waals surface area contributed by atoms with E-state index in [9.17, 15) is 0 Å². The fourth-order valence-corrected chi connectivity index (χ4v) is 3.42. The van der Waals surface area contributed by atoms with Crippen LogP contribution in [-0.4, -0.2) is 15.6 Å². The maximum absolute atomic E-state index is 6.29. The van der Waals surface area contributed by atoms with Crippen molar-refractivity contribution < 1.29 is 0 Å². The van der Waals surface area contributed by atoms with E-state index in [-0.39, 0.29) is 6.04 Å². The first kappa shape index (κ1) is 12.9. The third kappa shape index (κ3) is 2.47. The predicted molar refractivity (Wildman–Crippen MR) is 80.8 cm³/mol. The van der Waals surface area contributed by atoms with E-state index in [0.29, 0.717) is 6.04 Å². The molecule has 0 bridgehead atoms. The molecule has 0 aliphatic heterocycles. The molecule has 1 aromatic heterocycles. The molecule has 0 saturated heterocycles. The standard InChI is InChI=1S/C15H18BrN3/c16-12-6-2-1-5-11(12)15-9-18-10-19(15)14-8-4-3-7-13(14)17/h1-2,5-6,9-10,13-14H,3-4,7-8,17H2. The van der Waals surface area contributed by atoms with E-state index in [4.69, 9.17) is 5.73 Å². The van der Waals surface area contributed by atoms with Crippen molar-refractivity contribution in [2.45, 2.75) is 37.8 Å². The van der Waals surface area contributed by atoms with Gasteiger partial charge in [0.15, 0.2) is 0 Å². The van der Waals surface area contributed by atoms with E-state index in [1.54, 1.807) is 0 Å². The van der Waals surface area contributed by atoms with Gasteiger partial charge in [0, 0.05) is 16.1 Å². The highest BCUT2D eigenvalue weighted by Crippen LogP contribution is 2.34. The average Bonchev–Trinajstić information content (AvgIpc) is 2.89. The number of halogens is 1. The van der Waals surface area contributed by atoms with Gasteiger partial charge < -0.3 is 10.3 Å². The second kappa shape index (κ2) is 5.47. The summed E-state index contributed by atoms with van der Waals surface area (Å²) in [5.41, 5.74) is 8.62. The summed E-state index contributed by atoms with van der Waals surface area (Å²) in [6.45, 7) is 0. The van der Waals surface area contributed by atoms with Crippen molar-refractivity contribution in [3.8, 4) is 11.3 Å². The van der Waals surface area contributed by atoms with Crippen LogP contribution < -0.4 is 5.73 Å². The van der Waals surface area contributed by atoms with E-state index in [0.717, 1.165) is 23.0 Å². The minimum atomic E-state index is 0.240. The minimum absolute atomic E-state index is 0.240. The van der Waals surface area contributed by atoms with Crippen LogP contribution in [0.1, 0.15) is 31.7 Å². The second-order valence-electron chi connectivity index (χ2n) is 5.18. The van der Waals surface area contributed by atoms with Crippen molar-refractivity contribution in [2.75, 3.05) is 0 Å². The monoisotopic (exact) mass is 319 g/mol. The maximum Gasteiger partial charge on any atom is 0.0954 e. The molecule has 2 aromatic rings. The topological polar surface area (TPSA) is 43.8 Å². The quantitative estimate of drug-likeness (QED) is 0.916. The van der Waals surface area contributed by atoms with Crippen molar-refractivity contribution >= 4 is 15.9 Å². The largest absolute Gasteiger partial charge is 0.326 e. The number of rotatable bonds is 2. The van der Waals surface area contributed by atoms with E-state index >= 15 is 0 Å². The van der Waals surface area contributed by atoms with Gasteiger partial charge in [-0.1, -0.05) is 47.0 Å². The molecule has 1 heterocycles. The molecule has 1 fully saturated rings. The van der Waals surface area contributed by atoms with E-state index in [1.807, 2.05) is 18.6 Å². The number of nitrogens with zero attached hydrogens (tertiary/aromatic N) is 2. The number of nitrogens with two attached hydrogens (primary N) is 1. The van der Waals surface area contributed by atoms with Gasteiger partial charge in [-0.3, -0.25) is 0 Å². The van der Waals surface area contributed by atoms with Gasteiger partial charge in [0.2, 0.25) is 0 Å². The summed E-state index contributed by atoms with van der Waals surface area (Å²) in [5, 5.41) is 0. The molecule has 0 spiro atoms. The van der Waals surface area contributed by atoms with Gasteiger partial charge >= 0.3 is 0 Å². The number of aromatic nitrogens is 2. The molecule has 2 unspecified atom stereocenters. The zero-order chi connectivity index (χ0) is 13.2. The summed E-state index contributed by atoms with van der Waals surface area (Å²) >= 11 is 3.62. The Hall–Kier alpha value is -1.13. The highest BCUT2D eigenvalue weighted by atomic mass is 79.9. The number of hydrogen-bond acceptors (Lipinski definition) is 2. The van der Waals surface area contributed by atoms with Crippen molar-refractivity contribution in [1.82, 2.24) is 9.55 Å². The van der Waals surface area contributed by atoms with Crippen molar-refractivity contribution in [3.05, 3.63) is 41.3 Å². The normalized spacial score (nSPS) is 23.5. The lowest BCUT2D eigenvalue weighted by Gasteiger charge is -2.31. The van der Waals surface area contributed by atoms with Gasteiger partial charge in [0.05, 0.1) is 24.3 Å². The Balaban J connectivity index is 2.01. The molecule has 3 rings (SSSR count). The molecule has 2 N–H and O–H groups in total. The molecule has 1 aromatic carbocycles. The Kier molecular flexibility index (Phi) is 3.71. The predicted octanol–water partition coefficient (Wildman–Crippen LogP) is 3.76. The molecule has 0 radical (unpaired) electrons. The highest BCUT2D eigenvalue weighted by molar-refractivity contribution is 9.10. The van der Waals surface area contributed by atoms with E-state index in [1.165, 1.54) is 18.4 Å². The Morgan fingerprint density at radius 1 is 1.21 bits per heavy atom. The molecule has 3 nitrogen and oxygen atoms in total. The number of imidazole rings is 1. The number of hydrogen-bond donors (Lipinski definition) is 1. The highest BCUT2D eigenvalue weighted by Gasteiger charge is 2.25. The third-order valence-corrected chi connectivity index (χ3v) is 4.65. The van der Waals surface area contributed by atoms with Crippen LogP contribution in [0.15, 0.2) is 41.3 Å². The summed E-state index contributed by atoms with van der Waals surface area (Å²) in [6.07, 6.45) is 8.61. The summed E-state index contributed by atoms with van der Waals surface area (Å²) in [4.78, 5) is 4.34. The van der Waals surface area contributed by atoms with Crippen LogP contribution in [0.2, 0.25) is 0 Å². The smallest absolute Gasteiger partial charge is 0.0954 e.